The molecule has 1 aromatic carbocycles. The average Bonchev–Trinajstić information content (AvgIpc) is 2.27. The molecule has 4 heteroatoms. The summed E-state index contributed by atoms with van der Waals surface area (Å²) in [5.41, 5.74) is 1.55. The third-order valence-electron chi connectivity index (χ3n) is 2.54. The van der Waals surface area contributed by atoms with Crippen molar-refractivity contribution in [2.24, 2.45) is 0 Å². The molecule has 0 fully saturated rings. The van der Waals surface area contributed by atoms with Crippen LogP contribution in [0, 0.1) is 0 Å². The number of ether oxygens (including phenoxy) is 1. The Morgan fingerprint density at radius 3 is 2.59 bits per heavy atom. The van der Waals surface area contributed by atoms with Crippen LogP contribution in [0.15, 0.2) is 12.1 Å². The maximum absolute atomic E-state index is 12.0. The summed E-state index contributed by atoms with van der Waals surface area (Å²) in [5, 5.41) is 3.37. The van der Waals surface area contributed by atoms with Crippen molar-refractivity contribution < 1.29 is 9.53 Å². The van der Waals surface area contributed by atoms with Gasteiger partial charge in [0.25, 0.3) is 0 Å². The lowest BCUT2D eigenvalue weighted by molar-refractivity contribution is 0.0992. The first-order valence-corrected chi connectivity index (χ1v) is 5.94. The third kappa shape index (κ3) is 3.20. The fraction of sp³-hybridized carbons (Fsp3) is 0.462. The van der Waals surface area contributed by atoms with Crippen molar-refractivity contribution in [3.8, 4) is 5.75 Å². The normalized spacial score (nSPS) is 10.7. The van der Waals surface area contributed by atoms with Crippen LogP contribution < -0.4 is 10.1 Å². The molecule has 0 radical (unpaired) electrons. The second-order valence-corrected chi connectivity index (χ2v) is 4.61. The second-order valence-electron chi connectivity index (χ2n) is 4.18. The standard InChI is InChI=1S/C13H18ClNO2/c1-8(2)13-10(11(16)7-15-3)5-9(14)6-12(13)17-4/h5-6,8,15H,7H2,1-4H3. The Kier molecular flexibility index (Phi) is 4.97. The number of methoxy groups -OCH3 is 1. The van der Waals surface area contributed by atoms with E-state index in [1.165, 1.54) is 0 Å². The maximum atomic E-state index is 12.0. The number of nitrogens with one attached hydrogen (secondary N) is 1. The number of carbonyl (C=O) groups is 1. The number of ketones is 1. The summed E-state index contributed by atoms with van der Waals surface area (Å²) in [6.45, 7) is 4.35. The number of carbonyl (C=O) groups excluding carboxylic acids is 1. The molecule has 0 amide bonds. The first-order chi connectivity index (χ1) is 8.01. The van der Waals surface area contributed by atoms with Crippen molar-refractivity contribution in [3.63, 3.8) is 0 Å². The van der Waals surface area contributed by atoms with Gasteiger partial charge in [0.1, 0.15) is 5.75 Å². The molecule has 0 bridgehead atoms. The Balaban J connectivity index is 3.35. The molecular formula is C13H18ClNO2. The van der Waals surface area contributed by atoms with Gasteiger partial charge in [0, 0.05) is 16.1 Å². The fourth-order valence-corrected chi connectivity index (χ4v) is 2.05. The molecule has 3 nitrogen and oxygen atoms in total. The van der Waals surface area contributed by atoms with Crippen LogP contribution in [0.5, 0.6) is 5.75 Å². The number of rotatable bonds is 5. The summed E-state index contributed by atoms with van der Waals surface area (Å²) >= 11 is 6.00. The van der Waals surface area contributed by atoms with Crippen LogP contribution in [0.25, 0.3) is 0 Å². The molecule has 17 heavy (non-hydrogen) atoms. The summed E-state index contributed by atoms with van der Waals surface area (Å²) in [7, 11) is 3.33. The van der Waals surface area contributed by atoms with Gasteiger partial charge < -0.3 is 10.1 Å². The van der Waals surface area contributed by atoms with Crippen LogP contribution in [0.2, 0.25) is 5.02 Å². The van der Waals surface area contributed by atoms with Crippen molar-refractivity contribution in [3.05, 3.63) is 28.3 Å². The number of halogens is 1. The Bertz CT molecular complexity index is 416. The van der Waals surface area contributed by atoms with Gasteiger partial charge in [-0.3, -0.25) is 4.79 Å². The summed E-state index contributed by atoms with van der Waals surface area (Å²) in [5.74, 6) is 0.905. The van der Waals surface area contributed by atoms with Crippen molar-refractivity contribution in [2.45, 2.75) is 19.8 Å². The number of likely N-dealkylation sites (N-methyl/N-ethyl adjacent to an activating group) is 1. The average molecular weight is 256 g/mol. The molecule has 1 N–H and O–H groups in total. The minimum atomic E-state index is 0.0250. The monoisotopic (exact) mass is 255 g/mol. The first-order valence-electron chi connectivity index (χ1n) is 5.56. The lowest BCUT2D eigenvalue weighted by Gasteiger charge is -2.16. The highest BCUT2D eigenvalue weighted by molar-refractivity contribution is 6.31. The Labute approximate surface area is 107 Å². The molecular weight excluding hydrogens is 238 g/mol. The van der Waals surface area contributed by atoms with E-state index in [2.05, 4.69) is 5.32 Å². The van der Waals surface area contributed by atoms with Crippen LogP contribution in [0.4, 0.5) is 0 Å². The number of hydrogen-bond donors (Lipinski definition) is 1. The van der Waals surface area contributed by atoms with Crippen LogP contribution in [-0.4, -0.2) is 26.5 Å². The molecule has 0 spiro atoms. The number of Topliss-reactive ketones (excluding diaryl/α,β-unsaturated/α-hetero) is 1. The van der Waals surface area contributed by atoms with Crippen molar-refractivity contribution in [2.75, 3.05) is 20.7 Å². The molecule has 0 aromatic heterocycles. The largest absolute Gasteiger partial charge is 0.496 e. The zero-order valence-electron chi connectivity index (χ0n) is 10.6. The summed E-state index contributed by atoms with van der Waals surface area (Å²) < 4.78 is 5.30. The lowest BCUT2D eigenvalue weighted by Crippen LogP contribution is -2.20. The SMILES string of the molecule is CNCC(=O)c1cc(Cl)cc(OC)c1C(C)C. The highest BCUT2D eigenvalue weighted by atomic mass is 35.5. The van der Waals surface area contributed by atoms with Crippen LogP contribution in [-0.2, 0) is 0 Å². The molecule has 1 aromatic rings. The van der Waals surface area contributed by atoms with Crippen LogP contribution in [0.3, 0.4) is 0 Å². The van der Waals surface area contributed by atoms with Crippen molar-refractivity contribution in [1.82, 2.24) is 5.32 Å². The molecule has 0 aliphatic carbocycles. The quantitative estimate of drug-likeness (QED) is 0.823. The molecule has 1 rings (SSSR count). The molecule has 0 aliphatic heterocycles. The van der Waals surface area contributed by atoms with E-state index in [0.29, 0.717) is 22.9 Å². The van der Waals surface area contributed by atoms with Gasteiger partial charge in [-0.25, -0.2) is 0 Å². The molecule has 0 aliphatic rings. The molecule has 0 saturated carbocycles. The lowest BCUT2D eigenvalue weighted by atomic mass is 9.93. The Morgan fingerprint density at radius 2 is 2.12 bits per heavy atom. The van der Waals surface area contributed by atoms with Gasteiger partial charge in [0.05, 0.1) is 13.7 Å². The van der Waals surface area contributed by atoms with E-state index in [4.69, 9.17) is 16.3 Å². The molecule has 0 atom stereocenters. The van der Waals surface area contributed by atoms with E-state index in [1.54, 1.807) is 26.3 Å². The highest BCUT2D eigenvalue weighted by Crippen LogP contribution is 2.33. The fourth-order valence-electron chi connectivity index (χ4n) is 1.84. The summed E-state index contributed by atoms with van der Waals surface area (Å²) in [6, 6.07) is 3.45. The van der Waals surface area contributed by atoms with E-state index in [0.717, 1.165) is 5.56 Å². The smallest absolute Gasteiger partial charge is 0.177 e. The zero-order valence-corrected chi connectivity index (χ0v) is 11.4. The second kappa shape index (κ2) is 6.03. The predicted molar refractivity (Wildman–Crippen MR) is 70.4 cm³/mol. The maximum Gasteiger partial charge on any atom is 0.177 e. The number of benzene rings is 1. The highest BCUT2D eigenvalue weighted by Gasteiger charge is 2.18. The van der Waals surface area contributed by atoms with Gasteiger partial charge in [0.15, 0.2) is 5.78 Å². The molecule has 0 saturated heterocycles. The summed E-state index contributed by atoms with van der Waals surface area (Å²) in [6.07, 6.45) is 0. The predicted octanol–water partition coefficient (Wildman–Crippen LogP) is 2.87. The van der Waals surface area contributed by atoms with Crippen molar-refractivity contribution >= 4 is 17.4 Å². The minimum Gasteiger partial charge on any atom is -0.496 e. The van der Waals surface area contributed by atoms with Gasteiger partial charge in [-0.15, -0.1) is 0 Å². The molecule has 94 valence electrons. The topological polar surface area (TPSA) is 38.3 Å². The Hall–Kier alpha value is -1.06. The molecule has 0 unspecified atom stereocenters. The van der Waals surface area contributed by atoms with Gasteiger partial charge in [-0.2, -0.15) is 0 Å². The van der Waals surface area contributed by atoms with E-state index in [9.17, 15) is 4.79 Å². The zero-order chi connectivity index (χ0) is 13.0. The summed E-state index contributed by atoms with van der Waals surface area (Å²) in [4.78, 5) is 12.0. The molecule has 0 heterocycles. The van der Waals surface area contributed by atoms with Gasteiger partial charge in [0.2, 0.25) is 0 Å². The number of hydrogen-bond acceptors (Lipinski definition) is 3. The van der Waals surface area contributed by atoms with Crippen molar-refractivity contribution in [1.29, 1.82) is 0 Å². The van der Waals surface area contributed by atoms with E-state index >= 15 is 0 Å². The van der Waals surface area contributed by atoms with Gasteiger partial charge in [-0.1, -0.05) is 25.4 Å². The minimum absolute atomic E-state index is 0.0250. The third-order valence-corrected chi connectivity index (χ3v) is 2.76. The van der Waals surface area contributed by atoms with E-state index in [-0.39, 0.29) is 11.7 Å². The van der Waals surface area contributed by atoms with Crippen LogP contribution in [0.1, 0.15) is 35.7 Å². The van der Waals surface area contributed by atoms with E-state index in [1.807, 2.05) is 13.8 Å². The van der Waals surface area contributed by atoms with Crippen LogP contribution >= 0.6 is 11.6 Å². The van der Waals surface area contributed by atoms with Gasteiger partial charge >= 0.3 is 0 Å². The first kappa shape index (κ1) is 14.0. The van der Waals surface area contributed by atoms with Gasteiger partial charge in [-0.05, 0) is 25.1 Å². The van der Waals surface area contributed by atoms with E-state index < -0.39 is 0 Å². The Morgan fingerprint density at radius 1 is 1.47 bits per heavy atom.